The molecule has 0 atom stereocenters. The van der Waals surface area contributed by atoms with Gasteiger partial charge in [0.25, 0.3) is 5.91 Å². The van der Waals surface area contributed by atoms with Crippen LogP contribution in [0.2, 0.25) is 0 Å². The maximum Gasteiger partial charge on any atom is 0.256 e. The first-order valence-corrected chi connectivity index (χ1v) is 9.95. The lowest BCUT2D eigenvalue weighted by Crippen LogP contribution is -2.11. The summed E-state index contributed by atoms with van der Waals surface area (Å²) in [6, 6.07) is 15.0. The van der Waals surface area contributed by atoms with E-state index in [1.165, 1.54) is 11.3 Å². The van der Waals surface area contributed by atoms with Gasteiger partial charge in [0.2, 0.25) is 6.79 Å². The number of carbonyl (C=O) groups excluding carboxylic acids is 1. The summed E-state index contributed by atoms with van der Waals surface area (Å²) in [5.74, 6) is 1.98. The maximum atomic E-state index is 12.7. The molecule has 2 heterocycles. The minimum atomic E-state index is -0.197. The van der Waals surface area contributed by atoms with Crippen LogP contribution in [0.1, 0.15) is 17.3 Å². The summed E-state index contributed by atoms with van der Waals surface area (Å²) in [6.07, 6.45) is 0. The number of thioether (sulfide) groups is 1. The van der Waals surface area contributed by atoms with Crippen LogP contribution < -0.4 is 14.8 Å². The number of anilines is 1. The molecule has 26 heavy (non-hydrogen) atoms. The average Bonchev–Trinajstić information content (AvgIpc) is 3.29. The van der Waals surface area contributed by atoms with E-state index in [0.717, 1.165) is 26.4 Å². The molecule has 0 unspecified atom stereocenters. The summed E-state index contributed by atoms with van der Waals surface area (Å²) < 4.78 is 11.6. The summed E-state index contributed by atoms with van der Waals surface area (Å²) in [5.41, 5.74) is 2.29. The molecule has 1 aliphatic rings. The minimum absolute atomic E-state index is 0.186. The molecule has 0 saturated carbocycles. The van der Waals surface area contributed by atoms with E-state index in [2.05, 4.69) is 12.2 Å². The number of rotatable bonds is 5. The third-order valence-corrected chi connectivity index (χ3v) is 5.78. The van der Waals surface area contributed by atoms with Crippen LogP contribution in [0.4, 0.5) is 5.00 Å². The zero-order valence-corrected chi connectivity index (χ0v) is 15.7. The van der Waals surface area contributed by atoms with Gasteiger partial charge in [-0.3, -0.25) is 4.79 Å². The van der Waals surface area contributed by atoms with Crippen molar-refractivity contribution >= 4 is 34.0 Å². The van der Waals surface area contributed by atoms with Crippen LogP contribution in [0.25, 0.3) is 11.3 Å². The highest BCUT2D eigenvalue weighted by atomic mass is 32.2. The van der Waals surface area contributed by atoms with Crippen molar-refractivity contribution in [1.29, 1.82) is 0 Å². The summed E-state index contributed by atoms with van der Waals surface area (Å²) in [6.45, 7) is 2.27. The number of fused-ring (bicyclic) bond motifs is 1. The lowest BCUT2D eigenvalue weighted by molar-refractivity contribution is 0.102. The van der Waals surface area contributed by atoms with Crippen molar-refractivity contribution in [1.82, 2.24) is 4.98 Å². The molecule has 0 fully saturated rings. The van der Waals surface area contributed by atoms with E-state index in [4.69, 9.17) is 14.5 Å². The molecule has 3 aromatic rings. The summed E-state index contributed by atoms with van der Waals surface area (Å²) in [5, 5.41) is 3.75. The van der Waals surface area contributed by atoms with Crippen LogP contribution in [0.5, 0.6) is 11.5 Å². The van der Waals surface area contributed by atoms with Gasteiger partial charge in [-0.2, -0.15) is 0 Å². The standard InChI is InChI=1S/C19H16N2O3S2/c1-2-25-19-20-16(12-6-4-3-5-7-12)18(26-19)21-17(22)13-8-9-14-15(10-13)24-11-23-14/h3-10H,2,11H2,1H3,(H,21,22). The fourth-order valence-electron chi connectivity index (χ4n) is 2.58. The van der Waals surface area contributed by atoms with Crippen LogP contribution in [0.3, 0.4) is 0 Å². The Balaban J connectivity index is 1.63. The first-order chi connectivity index (χ1) is 12.7. The Kier molecular flexibility index (Phi) is 4.81. The minimum Gasteiger partial charge on any atom is -0.454 e. The van der Waals surface area contributed by atoms with Crippen molar-refractivity contribution in [2.24, 2.45) is 0 Å². The van der Waals surface area contributed by atoms with Gasteiger partial charge in [0, 0.05) is 11.1 Å². The van der Waals surface area contributed by atoms with Crippen molar-refractivity contribution in [2.75, 3.05) is 17.9 Å². The Morgan fingerprint density at radius 3 is 2.81 bits per heavy atom. The van der Waals surface area contributed by atoms with E-state index >= 15 is 0 Å². The Morgan fingerprint density at radius 2 is 2.00 bits per heavy atom. The average molecular weight is 384 g/mol. The first-order valence-electron chi connectivity index (χ1n) is 8.14. The second kappa shape index (κ2) is 7.39. The van der Waals surface area contributed by atoms with Crippen molar-refractivity contribution < 1.29 is 14.3 Å². The predicted molar refractivity (Wildman–Crippen MR) is 104 cm³/mol. The van der Waals surface area contributed by atoms with Crippen LogP contribution in [-0.2, 0) is 0 Å². The van der Waals surface area contributed by atoms with Gasteiger partial charge in [-0.1, -0.05) is 60.4 Å². The highest BCUT2D eigenvalue weighted by Gasteiger charge is 2.19. The number of aromatic nitrogens is 1. The van der Waals surface area contributed by atoms with E-state index in [-0.39, 0.29) is 12.7 Å². The van der Waals surface area contributed by atoms with E-state index in [1.54, 1.807) is 30.0 Å². The van der Waals surface area contributed by atoms with Crippen LogP contribution in [-0.4, -0.2) is 23.4 Å². The smallest absolute Gasteiger partial charge is 0.256 e. The number of hydrogen-bond acceptors (Lipinski definition) is 6. The SMILES string of the molecule is CCSc1nc(-c2ccccc2)c(NC(=O)c2ccc3c(c2)OCO3)s1. The molecular formula is C19H16N2O3S2. The Bertz CT molecular complexity index is 941. The molecule has 0 bridgehead atoms. The van der Waals surface area contributed by atoms with E-state index < -0.39 is 0 Å². The maximum absolute atomic E-state index is 12.7. The Labute approximate surface area is 159 Å². The van der Waals surface area contributed by atoms with Crippen LogP contribution in [0, 0.1) is 0 Å². The molecule has 7 heteroatoms. The Morgan fingerprint density at radius 1 is 1.19 bits per heavy atom. The van der Waals surface area contributed by atoms with Crippen molar-refractivity contribution in [3.05, 3.63) is 54.1 Å². The number of benzene rings is 2. The molecule has 1 aliphatic heterocycles. The number of carbonyl (C=O) groups is 1. The van der Waals surface area contributed by atoms with E-state index in [1.807, 2.05) is 30.3 Å². The molecule has 2 aromatic carbocycles. The highest BCUT2D eigenvalue weighted by molar-refractivity contribution is 8.01. The molecule has 0 saturated heterocycles. The molecule has 1 aromatic heterocycles. The second-order valence-corrected chi connectivity index (χ2v) is 7.99. The van der Waals surface area contributed by atoms with Gasteiger partial charge in [-0.05, 0) is 24.0 Å². The number of hydrogen-bond donors (Lipinski definition) is 1. The fourth-order valence-corrected chi connectivity index (χ4v) is 4.53. The number of amides is 1. The normalized spacial score (nSPS) is 12.2. The molecule has 1 amide bonds. The topological polar surface area (TPSA) is 60.5 Å². The fraction of sp³-hybridized carbons (Fsp3) is 0.158. The van der Waals surface area contributed by atoms with Gasteiger partial charge < -0.3 is 14.8 Å². The second-order valence-electron chi connectivity index (χ2n) is 5.48. The first kappa shape index (κ1) is 16.9. The highest BCUT2D eigenvalue weighted by Crippen LogP contribution is 2.38. The molecule has 0 aliphatic carbocycles. The zero-order chi connectivity index (χ0) is 17.9. The number of nitrogens with one attached hydrogen (secondary N) is 1. The molecule has 4 rings (SSSR count). The molecular weight excluding hydrogens is 368 g/mol. The van der Waals surface area contributed by atoms with Crippen LogP contribution in [0.15, 0.2) is 52.9 Å². The largest absolute Gasteiger partial charge is 0.454 e. The van der Waals surface area contributed by atoms with E-state index in [0.29, 0.717) is 17.1 Å². The third-order valence-electron chi connectivity index (χ3n) is 3.78. The molecule has 132 valence electrons. The summed E-state index contributed by atoms with van der Waals surface area (Å²) >= 11 is 3.16. The monoisotopic (exact) mass is 384 g/mol. The van der Waals surface area contributed by atoms with Gasteiger partial charge in [-0.25, -0.2) is 4.98 Å². The van der Waals surface area contributed by atoms with Gasteiger partial charge in [-0.15, -0.1) is 0 Å². The zero-order valence-electron chi connectivity index (χ0n) is 14.0. The molecule has 0 radical (unpaired) electrons. The van der Waals surface area contributed by atoms with Crippen molar-refractivity contribution in [3.63, 3.8) is 0 Å². The lowest BCUT2D eigenvalue weighted by atomic mass is 10.1. The number of nitrogens with zero attached hydrogens (tertiary/aromatic N) is 1. The third kappa shape index (κ3) is 3.40. The number of ether oxygens (including phenoxy) is 2. The van der Waals surface area contributed by atoms with Crippen molar-refractivity contribution in [2.45, 2.75) is 11.3 Å². The molecule has 1 N–H and O–H groups in total. The van der Waals surface area contributed by atoms with Crippen molar-refractivity contribution in [3.8, 4) is 22.8 Å². The summed E-state index contributed by atoms with van der Waals surface area (Å²) in [7, 11) is 0. The van der Waals surface area contributed by atoms with Gasteiger partial charge >= 0.3 is 0 Å². The lowest BCUT2D eigenvalue weighted by Gasteiger charge is -2.06. The quantitative estimate of drug-likeness (QED) is 0.634. The number of thiazole rings is 1. The van der Waals surface area contributed by atoms with Gasteiger partial charge in [0.1, 0.15) is 10.7 Å². The predicted octanol–water partition coefficient (Wildman–Crippen LogP) is 4.90. The van der Waals surface area contributed by atoms with Gasteiger partial charge in [0.15, 0.2) is 15.8 Å². The molecule has 5 nitrogen and oxygen atoms in total. The Hall–Kier alpha value is -2.51. The van der Waals surface area contributed by atoms with E-state index in [9.17, 15) is 4.79 Å². The summed E-state index contributed by atoms with van der Waals surface area (Å²) in [4.78, 5) is 17.4. The van der Waals surface area contributed by atoms with Gasteiger partial charge in [0.05, 0.1) is 0 Å². The molecule has 0 spiro atoms. The van der Waals surface area contributed by atoms with Crippen LogP contribution >= 0.6 is 23.1 Å².